The number of aromatic amines is 1. The van der Waals surface area contributed by atoms with E-state index < -0.39 is 0 Å². The van der Waals surface area contributed by atoms with Crippen molar-refractivity contribution in [1.82, 2.24) is 30.0 Å². The summed E-state index contributed by atoms with van der Waals surface area (Å²) >= 11 is 0. The Morgan fingerprint density at radius 1 is 0.939 bits per heavy atom. The van der Waals surface area contributed by atoms with Crippen LogP contribution in [0.15, 0.2) is 85.5 Å². The molecule has 160 valence electrons. The number of nitrogens with one attached hydrogen (secondary N) is 2. The Hall–Kier alpha value is -4.52. The highest BCUT2D eigenvalue weighted by atomic mass is 16.2. The molecule has 3 heterocycles. The first-order valence-electron chi connectivity index (χ1n) is 10.7. The van der Waals surface area contributed by atoms with Gasteiger partial charge in [-0.1, -0.05) is 42.5 Å². The monoisotopic (exact) mass is 432 g/mol. The highest BCUT2D eigenvalue weighted by Crippen LogP contribution is 2.31. The lowest BCUT2D eigenvalue weighted by molar-refractivity contribution is 0.237. The van der Waals surface area contributed by atoms with Crippen molar-refractivity contribution in [2.75, 3.05) is 0 Å². The van der Waals surface area contributed by atoms with E-state index in [1.54, 1.807) is 17.1 Å². The molecule has 0 fully saturated rings. The van der Waals surface area contributed by atoms with Crippen LogP contribution >= 0.6 is 0 Å². The summed E-state index contributed by atoms with van der Waals surface area (Å²) in [6.07, 6.45) is 5.00. The molecule has 6 aromatic rings. The molecule has 3 aromatic carbocycles. The van der Waals surface area contributed by atoms with Crippen LogP contribution in [-0.4, -0.2) is 30.8 Å². The highest BCUT2D eigenvalue weighted by molar-refractivity contribution is 6.04. The largest absolute Gasteiger partial charge is 0.341 e. The molecule has 0 aliphatic carbocycles. The lowest BCUT2D eigenvalue weighted by Crippen LogP contribution is -2.31. The van der Waals surface area contributed by atoms with E-state index in [1.165, 1.54) is 6.33 Å². The first-order chi connectivity index (χ1) is 16.2. The third-order valence-electron chi connectivity index (χ3n) is 6.02. The lowest BCUT2D eigenvalue weighted by Gasteiger charge is -2.17. The molecular formula is C26H20N6O. The topological polar surface area (TPSA) is 88.5 Å². The van der Waals surface area contributed by atoms with Gasteiger partial charge in [-0.2, -0.15) is 0 Å². The molecule has 0 saturated carbocycles. The number of aromatic nitrogens is 5. The van der Waals surface area contributed by atoms with Gasteiger partial charge in [0, 0.05) is 23.3 Å². The van der Waals surface area contributed by atoms with Gasteiger partial charge in [0.1, 0.15) is 6.33 Å². The number of hydrogen-bond donors (Lipinski definition) is 2. The summed E-state index contributed by atoms with van der Waals surface area (Å²) in [4.78, 5) is 26.2. The lowest BCUT2D eigenvalue weighted by atomic mass is 10.00. The molecule has 0 bridgehead atoms. The van der Waals surface area contributed by atoms with E-state index in [2.05, 4.69) is 49.6 Å². The fourth-order valence-electron chi connectivity index (χ4n) is 4.40. The maximum absolute atomic E-state index is 13.5. The van der Waals surface area contributed by atoms with E-state index in [9.17, 15) is 4.79 Å². The van der Waals surface area contributed by atoms with Gasteiger partial charge in [0.2, 0.25) is 0 Å². The number of benzene rings is 3. The van der Waals surface area contributed by atoms with Gasteiger partial charge in [0.25, 0.3) is 0 Å². The number of nitrogens with zero attached hydrogens (tertiary/aromatic N) is 4. The summed E-state index contributed by atoms with van der Waals surface area (Å²) in [6, 6.07) is 21.6. The van der Waals surface area contributed by atoms with E-state index in [0.717, 1.165) is 49.5 Å². The van der Waals surface area contributed by atoms with Crippen LogP contribution in [0.5, 0.6) is 0 Å². The maximum atomic E-state index is 13.5. The fraction of sp³-hybridized carbons (Fsp3) is 0.0769. The molecule has 1 atom stereocenters. The zero-order valence-electron chi connectivity index (χ0n) is 17.9. The van der Waals surface area contributed by atoms with Crippen LogP contribution in [0.1, 0.15) is 18.5 Å². The summed E-state index contributed by atoms with van der Waals surface area (Å²) in [6.45, 7) is 2.00. The number of carbonyl (C=O) groups is 1. The Kier molecular flexibility index (Phi) is 4.40. The number of amides is 1. The van der Waals surface area contributed by atoms with Crippen molar-refractivity contribution >= 4 is 38.7 Å². The van der Waals surface area contributed by atoms with Crippen LogP contribution in [0.4, 0.5) is 4.79 Å². The molecule has 33 heavy (non-hydrogen) atoms. The number of H-pyrrole nitrogens is 1. The second-order valence-electron chi connectivity index (χ2n) is 8.03. The van der Waals surface area contributed by atoms with Crippen molar-refractivity contribution in [2.24, 2.45) is 0 Å². The summed E-state index contributed by atoms with van der Waals surface area (Å²) in [5, 5.41) is 9.59. The van der Waals surface area contributed by atoms with Crippen LogP contribution < -0.4 is 5.32 Å². The van der Waals surface area contributed by atoms with Crippen molar-refractivity contribution in [2.45, 2.75) is 13.0 Å². The van der Waals surface area contributed by atoms with Crippen molar-refractivity contribution in [3.8, 4) is 11.3 Å². The molecule has 0 unspecified atom stereocenters. The Bertz CT molecular complexity index is 1630. The molecule has 0 radical (unpaired) electrons. The molecular weight excluding hydrogens is 412 g/mol. The van der Waals surface area contributed by atoms with Gasteiger partial charge in [0.15, 0.2) is 0 Å². The molecule has 0 aliphatic rings. The van der Waals surface area contributed by atoms with Crippen LogP contribution in [0.3, 0.4) is 0 Å². The molecule has 6 rings (SSSR count). The molecule has 3 aromatic heterocycles. The SMILES string of the molecule is C[C@@H](NC(=O)n1[nH]c(-c2ccncc2)c2cc3ncnc3cc21)c1cccc2ccccc12. The molecule has 0 spiro atoms. The number of rotatable bonds is 3. The van der Waals surface area contributed by atoms with Crippen molar-refractivity contribution in [3.63, 3.8) is 0 Å². The van der Waals surface area contributed by atoms with Crippen molar-refractivity contribution in [1.29, 1.82) is 0 Å². The van der Waals surface area contributed by atoms with E-state index in [1.807, 2.05) is 49.4 Å². The van der Waals surface area contributed by atoms with Gasteiger partial charge in [-0.15, -0.1) is 0 Å². The summed E-state index contributed by atoms with van der Waals surface area (Å²) in [5.41, 5.74) is 5.08. The van der Waals surface area contributed by atoms with E-state index in [4.69, 9.17) is 0 Å². The minimum absolute atomic E-state index is 0.193. The summed E-state index contributed by atoms with van der Waals surface area (Å²) in [5.74, 6) is 0. The number of hydrogen-bond acceptors (Lipinski definition) is 4. The molecule has 1 amide bonds. The number of fused-ring (bicyclic) bond motifs is 3. The summed E-state index contributed by atoms with van der Waals surface area (Å²) in [7, 11) is 0. The van der Waals surface area contributed by atoms with E-state index in [0.29, 0.717) is 0 Å². The highest BCUT2D eigenvalue weighted by Gasteiger charge is 2.19. The van der Waals surface area contributed by atoms with Crippen LogP contribution in [0, 0.1) is 0 Å². The molecule has 0 saturated heterocycles. The van der Waals surface area contributed by atoms with Gasteiger partial charge < -0.3 is 5.32 Å². The fourth-order valence-corrected chi connectivity index (χ4v) is 4.40. The number of pyridine rings is 1. The van der Waals surface area contributed by atoms with Crippen molar-refractivity contribution < 1.29 is 4.79 Å². The Balaban J connectivity index is 1.44. The number of carbonyl (C=O) groups excluding carboxylic acids is 1. The van der Waals surface area contributed by atoms with Crippen LogP contribution in [-0.2, 0) is 0 Å². The Morgan fingerprint density at radius 3 is 2.55 bits per heavy atom. The molecule has 2 N–H and O–H groups in total. The minimum atomic E-state index is -0.250. The van der Waals surface area contributed by atoms with Gasteiger partial charge in [-0.3, -0.25) is 10.1 Å². The average Bonchev–Trinajstić information content (AvgIpc) is 3.47. The minimum Gasteiger partial charge on any atom is -0.330 e. The zero-order chi connectivity index (χ0) is 22.4. The predicted molar refractivity (Wildman–Crippen MR) is 129 cm³/mol. The Morgan fingerprint density at radius 2 is 1.70 bits per heavy atom. The maximum Gasteiger partial charge on any atom is 0.341 e. The van der Waals surface area contributed by atoms with Crippen molar-refractivity contribution in [3.05, 3.63) is 91.0 Å². The third kappa shape index (κ3) is 3.22. The second-order valence-corrected chi connectivity index (χ2v) is 8.03. The molecule has 7 heteroatoms. The van der Waals surface area contributed by atoms with Gasteiger partial charge in [0.05, 0.1) is 28.3 Å². The smallest absolute Gasteiger partial charge is 0.330 e. The number of imidazole rings is 1. The van der Waals surface area contributed by atoms with E-state index in [-0.39, 0.29) is 12.1 Å². The van der Waals surface area contributed by atoms with Gasteiger partial charge >= 0.3 is 6.03 Å². The average molecular weight is 432 g/mol. The first kappa shape index (κ1) is 19.2. The Labute approximate surface area is 189 Å². The molecule has 7 nitrogen and oxygen atoms in total. The van der Waals surface area contributed by atoms with Crippen LogP contribution in [0.2, 0.25) is 0 Å². The van der Waals surface area contributed by atoms with Gasteiger partial charge in [-0.05, 0) is 47.5 Å². The quantitative estimate of drug-likeness (QED) is 0.389. The van der Waals surface area contributed by atoms with Crippen LogP contribution in [0.25, 0.3) is 44.0 Å². The zero-order valence-corrected chi connectivity index (χ0v) is 17.9. The van der Waals surface area contributed by atoms with Gasteiger partial charge in [-0.25, -0.2) is 19.4 Å². The predicted octanol–water partition coefficient (Wildman–Crippen LogP) is 5.45. The third-order valence-corrected chi connectivity index (χ3v) is 6.02. The normalized spacial score (nSPS) is 12.4. The standard InChI is InChI=1S/C26H20N6O/c1-16(19-8-4-6-17-5-2-3-7-20(17)19)30-26(33)32-24-14-23-22(28-15-29-23)13-21(24)25(31-32)18-9-11-27-12-10-18/h2-16,31H,1H3,(H,30,33)/t16-/m1/s1. The molecule has 0 aliphatic heterocycles. The van der Waals surface area contributed by atoms with E-state index >= 15 is 0 Å². The second kappa shape index (κ2) is 7.56. The first-order valence-corrected chi connectivity index (χ1v) is 10.7. The summed E-state index contributed by atoms with van der Waals surface area (Å²) < 4.78 is 1.54.